The van der Waals surface area contributed by atoms with Crippen molar-refractivity contribution < 1.29 is 14.3 Å². The molecule has 1 saturated heterocycles. The number of hydrogen-bond acceptors (Lipinski definition) is 5. The maximum atomic E-state index is 12.6. The molecule has 7 heteroatoms. The molecular formula is C24H30ClN3O3. The highest BCUT2D eigenvalue weighted by atomic mass is 35.5. The van der Waals surface area contributed by atoms with Crippen molar-refractivity contribution in [3.63, 3.8) is 0 Å². The molecular weight excluding hydrogens is 414 g/mol. The highest BCUT2D eigenvalue weighted by Gasteiger charge is 2.17. The summed E-state index contributed by atoms with van der Waals surface area (Å²) in [6, 6.07) is 11.4. The van der Waals surface area contributed by atoms with Gasteiger partial charge in [0.1, 0.15) is 0 Å². The first kappa shape index (κ1) is 23.0. The van der Waals surface area contributed by atoms with Gasteiger partial charge in [0.25, 0.3) is 0 Å². The van der Waals surface area contributed by atoms with Gasteiger partial charge in [-0.15, -0.1) is 0 Å². The number of anilines is 2. The smallest absolute Gasteiger partial charge is 0.248 e. The van der Waals surface area contributed by atoms with E-state index in [0.29, 0.717) is 16.5 Å². The Bertz CT molecular complexity index is 938. The number of hydrogen-bond donors (Lipinski definition) is 1. The van der Waals surface area contributed by atoms with Crippen LogP contribution in [0.3, 0.4) is 0 Å². The Morgan fingerprint density at radius 2 is 1.87 bits per heavy atom. The number of piperazine rings is 1. The van der Waals surface area contributed by atoms with E-state index in [0.717, 1.165) is 43.1 Å². The van der Waals surface area contributed by atoms with Crippen LogP contribution in [0.25, 0.3) is 6.08 Å². The van der Waals surface area contributed by atoms with E-state index in [9.17, 15) is 4.79 Å². The fourth-order valence-corrected chi connectivity index (χ4v) is 3.70. The standard InChI is InChI=1S/C24H30ClN3O3/c1-17(2)31-24-19(25)15-18(16-22(24)30-4)9-10-23(29)26-20-7-5-6-8-21(20)28-13-11-27(3)12-14-28/h5-10,15-17H,11-14H2,1-4H3,(H,26,29)/b10-9+. The summed E-state index contributed by atoms with van der Waals surface area (Å²) in [5, 5.41) is 3.44. The molecule has 0 aromatic heterocycles. The van der Waals surface area contributed by atoms with Crippen LogP contribution in [0, 0.1) is 0 Å². The number of ether oxygens (including phenoxy) is 2. The molecule has 1 fully saturated rings. The van der Waals surface area contributed by atoms with Gasteiger partial charge in [0, 0.05) is 32.3 Å². The van der Waals surface area contributed by atoms with Crippen molar-refractivity contribution in [2.45, 2.75) is 20.0 Å². The minimum absolute atomic E-state index is 0.0288. The molecule has 1 heterocycles. The van der Waals surface area contributed by atoms with Crippen LogP contribution in [0.1, 0.15) is 19.4 Å². The maximum Gasteiger partial charge on any atom is 0.248 e. The Morgan fingerprint density at radius 3 is 2.55 bits per heavy atom. The number of nitrogens with one attached hydrogen (secondary N) is 1. The van der Waals surface area contributed by atoms with Gasteiger partial charge in [-0.05, 0) is 56.8 Å². The van der Waals surface area contributed by atoms with Crippen molar-refractivity contribution in [1.29, 1.82) is 0 Å². The Morgan fingerprint density at radius 1 is 1.16 bits per heavy atom. The SMILES string of the molecule is COc1cc(/C=C/C(=O)Nc2ccccc2N2CCN(C)CC2)cc(Cl)c1OC(C)C. The van der Waals surface area contributed by atoms with Crippen LogP contribution in [0.15, 0.2) is 42.5 Å². The van der Waals surface area contributed by atoms with Crippen LogP contribution < -0.4 is 19.7 Å². The van der Waals surface area contributed by atoms with Crippen LogP contribution in [0.4, 0.5) is 11.4 Å². The fourth-order valence-electron chi connectivity index (χ4n) is 3.43. The van der Waals surface area contributed by atoms with E-state index in [-0.39, 0.29) is 12.0 Å². The van der Waals surface area contributed by atoms with Crippen LogP contribution >= 0.6 is 11.6 Å². The molecule has 2 aromatic carbocycles. The number of rotatable bonds is 7. The number of nitrogens with zero attached hydrogens (tertiary/aromatic N) is 2. The maximum absolute atomic E-state index is 12.6. The topological polar surface area (TPSA) is 54.0 Å². The second-order valence-electron chi connectivity index (χ2n) is 7.83. The van der Waals surface area contributed by atoms with Crippen molar-refractivity contribution in [2.24, 2.45) is 0 Å². The minimum atomic E-state index is -0.209. The van der Waals surface area contributed by atoms with E-state index < -0.39 is 0 Å². The minimum Gasteiger partial charge on any atom is -0.493 e. The molecule has 31 heavy (non-hydrogen) atoms. The van der Waals surface area contributed by atoms with Gasteiger partial charge in [0.05, 0.1) is 29.6 Å². The summed E-state index contributed by atoms with van der Waals surface area (Å²) in [5.74, 6) is 0.822. The molecule has 0 saturated carbocycles. The van der Waals surface area contributed by atoms with Crippen LogP contribution in [-0.2, 0) is 4.79 Å². The van der Waals surface area contributed by atoms with Crippen molar-refractivity contribution in [2.75, 3.05) is 50.6 Å². The van der Waals surface area contributed by atoms with Crippen molar-refractivity contribution >= 4 is 35.0 Å². The lowest BCUT2D eigenvalue weighted by Crippen LogP contribution is -2.44. The van der Waals surface area contributed by atoms with Crippen molar-refractivity contribution in [1.82, 2.24) is 4.90 Å². The molecule has 0 unspecified atom stereocenters. The molecule has 0 bridgehead atoms. The van der Waals surface area contributed by atoms with E-state index >= 15 is 0 Å². The van der Waals surface area contributed by atoms with Gasteiger partial charge in [-0.3, -0.25) is 4.79 Å². The zero-order chi connectivity index (χ0) is 22.4. The summed E-state index contributed by atoms with van der Waals surface area (Å²) < 4.78 is 11.1. The first-order chi connectivity index (χ1) is 14.9. The van der Waals surface area contributed by atoms with E-state index in [2.05, 4.69) is 22.2 Å². The summed E-state index contributed by atoms with van der Waals surface area (Å²) in [6.07, 6.45) is 3.18. The summed E-state index contributed by atoms with van der Waals surface area (Å²) in [7, 11) is 3.69. The second-order valence-corrected chi connectivity index (χ2v) is 8.24. The van der Waals surface area contributed by atoms with Crippen LogP contribution in [0.2, 0.25) is 5.02 Å². The van der Waals surface area contributed by atoms with Crippen molar-refractivity contribution in [3.05, 3.63) is 53.1 Å². The highest BCUT2D eigenvalue weighted by Crippen LogP contribution is 2.37. The number of methoxy groups -OCH3 is 1. The summed E-state index contributed by atoms with van der Waals surface area (Å²) in [6.45, 7) is 7.72. The Labute approximate surface area is 189 Å². The summed E-state index contributed by atoms with van der Waals surface area (Å²) >= 11 is 6.37. The number of amides is 1. The number of halogens is 1. The average molecular weight is 444 g/mol. The summed E-state index contributed by atoms with van der Waals surface area (Å²) in [4.78, 5) is 17.2. The number of benzene rings is 2. The molecule has 6 nitrogen and oxygen atoms in total. The third-order valence-corrected chi connectivity index (χ3v) is 5.32. The van der Waals surface area contributed by atoms with E-state index in [4.69, 9.17) is 21.1 Å². The largest absolute Gasteiger partial charge is 0.493 e. The molecule has 0 radical (unpaired) electrons. The highest BCUT2D eigenvalue weighted by molar-refractivity contribution is 6.32. The Hall–Kier alpha value is -2.70. The predicted octanol–water partition coefficient (Wildman–Crippen LogP) is 4.54. The molecule has 2 aromatic rings. The molecule has 1 N–H and O–H groups in total. The zero-order valence-corrected chi connectivity index (χ0v) is 19.3. The van der Waals surface area contributed by atoms with Gasteiger partial charge in [-0.1, -0.05) is 23.7 Å². The van der Waals surface area contributed by atoms with Gasteiger partial charge in [-0.25, -0.2) is 0 Å². The number of para-hydroxylation sites is 2. The first-order valence-corrected chi connectivity index (χ1v) is 10.8. The predicted molar refractivity (Wildman–Crippen MR) is 128 cm³/mol. The second kappa shape index (κ2) is 10.6. The number of carbonyl (C=O) groups excluding carboxylic acids is 1. The molecule has 0 atom stereocenters. The molecule has 166 valence electrons. The quantitative estimate of drug-likeness (QED) is 0.637. The van der Waals surface area contributed by atoms with Gasteiger partial charge >= 0.3 is 0 Å². The third kappa shape index (κ3) is 6.15. The van der Waals surface area contributed by atoms with Gasteiger partial charge in [0.15, 0.2) is 11.5 Å². The Balaban J connectivity index is 1.72. The normalized spacial score (nSPS) is 14.8. The fraction of sp³-hybridized carbons (Fsp3) is 0.375. The molecule has 1 aliphatic heterocycles. The molecule has 3 rings (SSSR count). The molecule has 0 spiro atoms. The van der Waals surface area contributed by atoms with Gasteiger partial charge in [0.2, 0.25) is 5.91 Å². The lowest BCUT2D eigenvalue weighted by Gasteiger charge is -2.35. The Kier molecular flexibility index (Phi) is 7.82. The van der Waals surface area contributed by atoms with Crippen LogP contribution in [-0.4, -0.2) is 57.2 Å². The van der Waals surface area contributed by atoms with Crippen LogP contribution in [0.5, 0.6) is 11.5 Å². The zero-order valence-electron chi connectivity index (χ0n) is 18.5. The van der Waals surface area contributed by atoms with E-state index in [1.54, 1.807) is 25.3 Å². The average Bonchev–Trinajstić information content (AvgIpc) is 2.74. The lowest BCUT2D eigenvalue weighted by atomic mass is 10.1. The number of likely N-dealkylation sites (N-methyl/N-ethyl adjacent to an activating group) is 1. The monoisotopic (exact) mass is 443 g/mol. The molecule has 0 aliphatic carbocycles. The van der Waals surface area contributed by atoms with Crippen molar-refractivity contribution in [3.8, 4) is 11.5 Å². The van der Waals surface area contributed by atoms with Gasteiger partial charge in [-0.2, -0.15) is 0 Å². The van der Waals surface area contributed by atoms with Gasteiger partial charge < -0.3 is 24.6 Å². The lowest BCUT2D eigenvalue weighted by molar-refractivity contribution is -0.111. The third-order valence-electron chi connectivity index (χ3n) is 5.04. The van der Waals surface area contributed by atoms with E-state index in [1.807, 2.05) is 38.1 Å². The number of carbonyl (C=O) groups is 1. The summed E-state index contributed by atoms with van der Waals surface area (Å²) in [5.41, 5.74) is 2.59. The molecule has 1 amide bonds. The van der Waals surface area contributed by atoms with E-state index in [1.165, 1.54) is 6.08 Å². The first-order valence-electron chi connectivity index (χ1n) is 10.4. The molecule has 1 aliphatic rings.